The first kappa shape index (κ1) is 16.1. The van der Waals surface area contributed by atoms with Crippen LogP contribution < -0.4 is 0 Å². The highest BCUT2D eigenvalue weighted by Crippen LogP contribution is 2.33. The summed E-state index contributed by atoms with van der Waals surface area (Å²) in [6.45, 7) is 7.13. The van der Waals surface area contributed by atoms with Gasteiger partial charge < -0.3 is 4.90 Å². The zero-order chi connectivity index (χ0) is 16.5. The highest BCUT2D eigenvalue weighted by Gasteiger charge is 2.37. The number of nitrogens with zero attached hydrogens (tertiary/aromatic N) is 4. The molecule has 5 heteroatoms. The molecular formula is C19H30N4O. The number of aryl methyl sites for hydroxylation is 2. The molecule has 0 N–H and O–H groups in total. The van der Waals surface area contributed by atoms with Gasteiger partial charge in [-0.1, -0.05) is 6.42 Å². The number of hydrogen-bond acceptors (Lipinski definition) is 3. The number of hydrogen-bond donors (Lipinski definition) is 0. The van der Waals surface area contributed by atoms with Crippen molar-refractivity contribution in [1.82, 2.24) is 19.6 Å². The molecule has 1 saturated carbocycles. The summed E-state index contributed by atoms with van der Waals surface area (Å²) in [6, 6.07) is 0.597. The summed E-state index contributed by atoms with van der Waals surface area (Å²) in [5.41, 5.74) is 1.15. The lowest BCUT2D eigenvalue weighted by Gasteiger charge is -2.40. The predicted molar refractivity (Wildman–Crippen MR) is 93.6 cm³/mol. The Labute approximate surface area is 145 Å². The Hall–Kier alpha value is -1.36. The molecule has 24 heavy (non-hydrogen) atoms. The predicted octanol–water partition coefficient (Wildman–Crippen LogP) is 2.30. The molecule has 0 aromatic carbocycles. The third kappa shape index (κ3) is 3.51. The van der Waals surface area contributed by atoms with Gasteiger partial charge in [0.15, 0.2) is 0 Å². The SMILES string of the molecule is Cc1cnn(CCC(=O)N2C[C@@H]3CC[C@H](C2)N(CC2CCC2)C3)c1. The fourth-order valence-electron chi connectivity index (χ4n) is 4.57. The summed E-state index contributed by atoms with van der Waals surface area (Å²) >= 11 is 0. The van der Waals surface area contributed by atoms with E-state index in [9.17, 15) is 4.79 Å². The van der Waals surface area contributed by atoms with E-state index in [1.807, 2.05) is 24.0 Å². The minimum atomic E-state index is 0.311. The second kappa shape index (κ2) is 6.87. The first-order valence-corrected chi connectivity index (χ1v) is 9.68. The lowest BCUT2D eigenvalue weighted by atomic mass is 9.83. The van der Waals surface area contributed by atoms with Crippen LogP contribution in [-0.4, -0.2) is 57.7 Å². The third-order valence-corrected chi connectivity index (χ3v) is 6.21. The Morgan fingerprint density at radius 1 is 1.21 bits per heavy atom. The first-order chi connectivity index (χ1) is 11.7. The average Bonchev–Trinajstić information content (AvgIpc) is 2.75. The fraction of sp³-hybridized carbons (Fsp3) is 0.789. The molecule has 2 bridgehead atoms. The van der Waals surface area contributed by atoms with Crippen LogP contribution in [0.15, 0.2) is 12.4 Å². The minimum Gasteiger partial charge on any atom is -0.341 e. The summed E-state index contributed by atoms with van der Waals surface area (Å²) in [5.74, 6) is 1.92. The molecule has 0 spiro atoms. The van der Waals surface area contributed by atoms with E-state index < -0.39 is 0 Å². The van der Waals surface area contributed by atoms with Gasteiger partial charge in [-0.05, 0) is 50.0 Å². The van der Waals surface area contributed by atoms with Gasteiger partial charge in [0, 0.05) is 51.4 Å². The smallest absolute Gasteiger partial charge is 0.224 e. The summed E-state index contributed by atoms with van der Waals surface area (Å²) < 4.78 is 1.89. The van der Waals surface area contributed by atoms with Crippen LogP contribution in [0, 0.1) is 18.8 Å². The summed E-state index contributed by atoms with van der Waals surface area (Å²) in [6.07, 6.45) is 11.3. The largest absolute Gasteiger partial charge is 0.341 e. The number of aromatic nitrogens is 2. The molecule has 4 aliphatic rings. The molecule has 5 rings (SSSR count). The third-order valence-electron chi connectivity index (χ3n) is 6.21. The number of rotatable bonds is 5. The Bertz CT molecular complexity index is 580. The molecule has 2 atom stereocenters. The van der Waals surface area contributed by atoms with Crippen molar-refractivity contribution in [3.05, 3.63) is 18.0 Å². The maximum absolute atomic E-state index is 12.7. The number of carbonyl (C=O) groups is 1. The standard InChI is InChI=1S/C19H30N4O/c1-15-9-20-23(10-15)8-7-19(24)22-13-17-5-6-18(14-22)21(12-17)11-16-3-2-4-16/h9-10,16-18H,2-8,11-14H2,1H3/t17-,18-/m1/s1. The molecule has 1 aromatic heterocycles. The van der Waals surface area contributed by atoms with Crippen molar-refractivity contribution in [2.45, 2.75) is 58.0 Å². The van der Waals surface area contributed by atoms with Gasteiger partial charge in [0.25, 0.3) is 0 Å². The van der Waals surface area contributed by atoms with E-state index >= 15 is 0 Å². The zero-order valence-corrected chi connectivity index (χ0v) is 14.9. The molecule has 3 saturated heterocycles. The quantitative estimate of drug-likeness (QED) is 0.832. The van der Waals surface area contributed by atoms with Crippen molar-refractivity contribution in [3.63, 3.8) is 0 Å². The van der Waals surface area contributed by atoms with E-state index in [1.165, 1.54) is 45.2 Å². The Morgan fingerprint density at radius 2 is 2.08 bits per heavy atom. The maximum atomic E-state index is 12.7. The van der Waals surface area contributed by atoms with Crippen LogP contribution in [0.25, 0.3) is 0 Å². The van der Waals surface area contributed by atoms with Gasteiger partial charge in [-0.25, -0.2) is 0 Å². The van der Waals surface area contributed by atoms with E-state index in [0.717, 1.165) is 24.6 Å². The van der Waals surface area contributed by atoms with Gasteiger partial charge in [-0.2, -0.15) is 5.10 Å². The van der Waals surface area contributed by atoms with Gasteiger partial charge in [-0.15, -0.1) is 0 Å². The van der Waals surface area contributed by atoms with E-state index in [1.54, 1.807) is 0 Å². The van der Waals surface area contributed by atoms with Crippen molar-refractivity contribution in [1.29, 1.82) is 0 Å². The number of carbonyl (C=O) groups excluding carboxylic acids is 1. The second-order valence-electron chi connectivity index (χ2n) is 8.18. The number of amides is 1. The van der Waals surface area contributed by atoms with Crippen molar-refractivity contribution in [2.24, 2.45) is 11.8 Å². The van der Waals surface area contributed by atoms with Crippen LogP contribution in [0.1, 0.15) is 44.1 Å². The summed E-state index contributed by atoms with van der Waals surface area (Å²) in [4.78, 5) is 17.6. The van der Waals surface area contributed by atoms with E-state index in [2.05, 4.69) is 14.9 Å². The van der Waals surface area contributed by atoms with E-state index in [0.29, 0.717) is 30.8 Å². The molecule has 132 valence electrons. The Morgan fingerprint density at radius 3 is 2.79 bits per heavy atom. The van der Waals surface area contributed by atoms with Crippen molar-refractivity contribution >= 4 is 5.91 Å². The molecule has 3 aliphatic heterocycles. The van der Waals surface area contributed by atoms with Crippen LogP contribution >= 0.6 is 0 Å². The molecule has 5 nitrogen and oxygen atoms in total. The van der Waals surface area contributed by atoms with Crippen molar-refractivity contribution in [3.8, 4) is 0 Å². The molecule has 4 heterocycles. The molecule has 0 radical (unpaired) electrons. The maximum Gasteiger partial charge on any atom is 0.224 e. The van der Waals surface area contributed by atoms with Crippen molar-refractivity contribution in [2.75, 3.05) is 26.2 Å². The van der Waals surface area contributed by atoms with Crippen LogP contribution in [0.4, 0.5) is 0 Å². The normalized spacial score (nSPS) is 28.0. The topological polar surface area (TPSA) is 41.4 Å². The van der Waals surface area contributed by atoms with Crippen LogP contribution in [0.5, 0.6) is 0 Å². The van der Waals surface area contributed by atoms with Gasteiger partial charge >= 0.3 is 0 Å². The Kier molecular flexibility index (Phi) is 4.61. The lowest BCUT2D eigenvalue weighted by Crippen LogP contribution is -2.47. The highest BCUT2D eigenvalue weighted by atomic mass is 16.2. The Balaban J connectivity index is 1.33. The molecule has 1 aromatic rings. The molecule has 4 fully saturated rings. The van der Waals surface area contributed by atoms with Crippen molar-refractivity contribution < 1.29 is 4.79 Å². The summed E-state index contributed by atoms with van der Waals surface area (Å²) in [5, 5.41) is 4.29. The van der Waals surface area contributed by atoms with Gasteiger partial charge in [0.05, 0.1) is 6.20 Å². The van der Waals surface area contributed by atoms with Crippen LogP contribution in [0.3, 0.4) is 0 Å². The molecule has 0 unspecified atom stereocenters. The van der Waals surface area contributed by atoms with E-state index in [-0.39, 0.29) is 0 Å². The van der Waals surface area contributed by atoms with E-state index in [4.69, 9.17) is 0 Å². The van der Waals surface area contributed by atoms with Gasteiger partial charge in [0.1, 0.15) is 0 Å². The molecule has 1 aliphatic carbocycles. The highest BCUT2D eigenvalue weighted by molar-refractivity contribution is 5.76. The van der Waals surface area contributed by atoms with Crippen LogP contribution in [0.2, 0.25) is 0 Å². The zero-order valence-electron chi connectivity index (χ0n) is 14.9. The lowest BCUT2D eigenvalue weighted by molar-refractivity contribution is -0.131. The first-order valence-electron chi connectivity index (χ1n) is 9.68. The fourth-order valence-corrected chi connectivity index (χ4v) is 4.57. The van der Waals surface area contributed by atoms with Gasteiger partial charge in [0.2, 0.25) is 5.91 Å². The average molecular weight is 330 g/mol. The van der Waals surface area contributed by atoms with Gasteiger partial charge in [-0.3, -0.25) is 14.4 Å². The number of fused-ring (bicyclic) bond motifs is 4. The monoisotopic (exact) mass is 330 g/mol. The minimum absolute atomic E-state index is 0.311. The summed E-state index contributed by atoms with van der Waals surface area (Å²) in [7, 11) is 0. The second-order valence-corrected chi connectivity index (χ2v) is 8.18. The molecular weight excluding hydrogens is 300 g/mol. The number of piperidine rings is 1. The molecule has 1 amide bonds. The van der Waals surface area contributed by atoms with Crippen LogP contribution in [-0.2, 0) is 11.3 Å².